The first kappa shape index (κ1) is 17.4. The van der Waals surface area contributed by atoms with Crippen molar-refractivity contribution in [3.05, 3.63) is 53.6 Å². The molecule has 0 heterocycles. The van der Waals surface area contributed by atoms with E-state index in [1.807, 2.05) is 69.5 Å². The molecule has 0 aromatic heterocycles. The molecule has 0 aliphatic rings. The minimum Gasteiger partial charge on any atom is -0.480 e. The molecule has 0 saturated carbocycles. The third-order valence-corrected chi connectivity index (χ3v) is 4.44. The Morgan fingerprint density at radius 2 is 1.96 bits per heavy atom. The van der Waals surface area contributed by atoms with Crippen LogP contribution in [0.25, 0.3) is 0 Å². The second-order valence-electron chi connectivity index (χ2n) is 5.47. The van der Waals surface area contributed by atoms with Gasteiger partial charge in [0.25, 0.3) is 5.91 Å². The monoisotopic (exact) mass is 329 g/mol. The van der Waals surface area contributed by atoms with Crippen LogP contribution in [0.2, 0.25) is 0 Å². The van der Waals surface area contributed by atoms with Gasteiger partial charge in [-0.25, -0.2) is 0 Å². The summed E-state index contributed by atoms with van der Waals surface area (Å²) in [4.78, 5) is 13.6. The van der Waals surface area contributed by atoms with Gasteiger partial charge in [-0.05, 0) is 55.9 Å². The molecule has 0 saturated heterocycles. The standard InChI is InChI=1S/C19H23NO2S/c1-5-16(22-17-12-13(2)10-11-14(17)3)19(21)20-15-8-6-7-9-18(15)23-4/h6-12,16H,5H2,1-4H3,(H,20,21)/t16-/m1/s1. The fraction of sp³-hybridized carbons (Fsp3) is 0.316. The van der Waals surface area contributed by atoms with Gasteiger partial charge >= 0.3 is 0 Å². The van der Waals surface area contributed by atoms with Crippen molar-refractivity contribution in [2.75, 3.05) is 11.6 Å². The minimum absolute atomic E-state index is 0.116. The highest BCUT2D eigenvalue weighted by atomic mass is 32.2. The Morgan fingerprint density at radius 1 is 1.22 bits per heavy atom. The Kier molecular flexibility index (Phi) is 6.11. The minimum atomic E-state index is -0.509. The second kappa shape index (κ2) is 8.06. The molecule has 0 aliphatic carbocycles. The van der Waals surface area contributed by atoms with E-state index >= 15 is 0 Å². The molecule has 0 radical (unpaired) electrons. The molecule has 0 spiro atoms. The van der Waals surface area contributed by atoms with Crippen molar-refractivity contribution in [3.63, 3.8) is 0 Å². The highest BCUT2D eigenvalue weighted by Crippen LogP contribution is 2.26. The number of ether oxygens (including phenoxy) is 1. The van der Waals surface area contributed by atoms with Crippen LogP contribution in [0.15, 0.2) is 47.4 Å². The van der Waals surface area contributed by atoms with Crippen LogP contribution in [0.5, 0.6) is 5.75 Å². The van der Waals surface area contributed by atoms with Gasteiger partial charge in [0.2, 0.25) is 0 Å². The van der Waals surface area contributed by atoms with Crippen LogP contribution in [-0.2, 0) is 4.79 Å². The van der Waals surface area contributed by atoms with Crippen LogP contribution in [0.3, 0.4) is 0 Å². The molecule has 3 nitrogen and oxygen atoms in total. The summed E-state index contributed by atoms with van der Waals surface area (Å²) in [5.41, 5.74) is 2.98. The first-order valence-electron chi connectivity index (χ1n) is 7.73. The van der Waals surface area contributed by atoms with Gasteiger partial charge in [0.1, 0.15) is 5.75 Å². The molecule has 1 atom stereocenters. The smallest absolute Gasteiger partial charge is 0.265 e. The normalized spacial score (nSPS) is 11.8. The maximum Gasteiger partial charge on any atom is 0.265 e. The molecular weight excluding hydrogens is 306 g/mol. The van der Waals surface area contributed by atoms with Gasteiger partial charge < -0.3 is 10.1 Å². The summed E-state index contributed by atoms with van der Waals surface area (Å²) in [5, 5.41) is 2.98. The summed E-state index contributed by atoms with van der Waals surface area (Å²) in [5.74, 6) is 0.653. The third-order valence-electron chi connectivity index (χ3n) is 3.64. The Bertz CT molecular complexity index is 685. The number of anilines is 1. The van der Waals surface area contributed by atoms with Crippen molar-refractivity contribution in [2.45, 2.75) is 38.2 Å². The number of rotatable bonds is 6. The molecule has 2 aromatic rings. The van der Waals surface area contributed by atoms with Crippen molar-refractivity contribution in [1.82, 2.24) is 0 Å². The van der Waals surface area contributed by atoms with Gasteiger partial charge in [0.15, 0.2) is 6.10 Å². The van der Waals surface area contributed by atoms with Gasteiger partial charge in [0, 0.05) is 4.90 Å². The molecule has 0 aliphatic heterocycles. The van der Waals surface area contributed by atoms with E-state index in [2.05, 4.69) is 5.32 Å². The summed E-state index contributed by atoms with van der Waals surface area (Å²) in [7, 11) is 0. The zero-order valence-electron chi connectivity index (χ0n) is 14.1. The van der Waals surface area contributed by atoms with Crippen LogP contribution < -0.4 is 10.1 Å². The number of thioether (sulfide) groups is 1. The summed E-state index contributed by atoms with van der Waals surface area (Å²) >= 11 is 1.61. The SMILES string of the molecule is CC[C@@H](Oc1cc(C)ccc1C)C(=O)Nc1ccccc1SC. The molecule has 0 unspecified atom stereocenters. The number of hydrogen-bond donors (Lipinski definition) is 1. The lowest BCUT2D eigenvalue weighted by atomic mass is 10.1. The summed E-state index contributed by atoms with van der Waals surface area (Å²) < 4.78 is 5.96. The zero-order valence-corrected chi connectivity index (χ0v) is 14.9. The van der Waals surface area contributed by atoms with Crippen molar-refractivity contribution in [2.24, 2.45) is 0 Å². The first-order valence-corrected chi connectivity index (χ1v) is 8.95. The van der Waals surface area contributed by atoms with E-state index in [0.29, 0.717) is 6.42 Å². The van der Waals surface area contributed by atoms with E-state index in [1.54, 1.807) is 11.8 Å². The topological polar surface area (TPSA) is 38.3 Å². The fourth-order valence-corrected chi connectivity index (χ4v) is 2.82. The van der Waals surface area contributed by atoms with E-state index < -0.39 is 6.10 Å². The molecule has 4 heteroatoms. The van der Waals surface area contributed by atoms with Crippen LogP contribution >= 0.6 is 11.8 Å². The van der Waals surface area contributed by atoms with E-state index in [9.17, 15) is 4.79 Å². The highest BCUT2D eigenvalue weighted by molar-refractivity contribution is 7.98. The summed E-state index contributed by atoms with van der Waals surface area (Å²) in [6, 6.07) is 13.8. The Balaban J connectivity index is 2.14. The predicted octanol–water partition coefficient (Wildman–Crippen LogP) is 4.82. The largest absolute Gasteiger partial charge is 0.480 e. The molecule has 0 bridgehead atoms. The summed E-state index contributed by atoms with van der Waals surface area (Å²) in [6.45, 7) is 5.96. The van der Waals surface area contributed by atoms with Gasteiger partial charge in [-0.15, -0.1) is 11.8 Å². The molecule has 1 amide bonds. The van der Waals surface area contributed by atoms with Crippen molar-refractivity contribution in [1.29, 1.82) is 0 Å². The second-order valence-corrected chi connectivity index (χ2v) is 6.32. The van der Waals surface area contributed by atoms with Crippen molar-refractivity contribution in [3.8, 4) is 5.75 Å². The zero-order chi connectivity index (χ0) is 16.8. The number of amides is 1. The van der Waals surface area contributed by atoms with Crippen molar-refractivity contribution >= 4 is 23.4 Å². The number of aryl methyl sites for hydroxylation is 2. The number of para-hydroxylation sites is 1. The molecular formula is C19H23NO2S. The maximum absolute atomic E-state index is 12.6. The van der Waals surface area contributed by atoms with Crippen LogP contribution in [0.1, 0.15) is 24.5 Å². The highest BCUT2D eigenvalue weighted by Gasteiger charge is 2.20. The van der Waals surface area contributed by atoms with E-state index in [1.165, 1.54) is 0 Å². The average Bonchev–Trinajstić information content (AvgIpc) is 2.56. The Labute approximate surface area is 142 Å². The average molecular weight is 329 g/mol. The Hall–Kier alpha value is -1.94. The van der Waals surface area contributed by atoms with Gasteiger partial charge in [-0.1, -0.05) is 31.2 Å². The Morgan fingerprint density at radius 3 is 2.65 bits per heavy atom. The molecule has 0 fully saturated rings. The first-order chi connectivity index (χ1) is 11.0. The number of benzene rings is 2. The lowest BCUT2D eigenvalue weighted by Gasteiger charge is -2.19. The van der Waals surface area contributed by atoms with Crippen LogP contribution in [0.4, 0.5) is 5.69 Å². The van der Waals surface area contributed by atoms with Gasteiger partial charge in [-0.2, -0.15) is 0 Å². The number of carbonyl (C=O) groups is 1. The van der Waals surface area contributed by atoms with Gasteiger partial charge in [-0.3, -0.25) is 4.79 Å². The maximum atomic E-state index is 12.6. The molecule has 23 heavy (non-hydrogen) atoms. The van der Waals surface area contributed by atoms with Crippen LogP contribution in [-0.4, -0.2) is 18.3 Å². The van der Waals surface area contributed by atoms with Crippen molar-refractivity contribution < 1.29 is 9.53 Å². The number of carbonyl (C=O) groups excluding carboxylic acids is 1. The third kappa shape index (κ3) is 4.52. The predicted molar refractivity (Wildman–Crippen MR) is 97.5 cm³/mol. The van der Waals surface area contributed by atoms with Crippen LogP contribution in [0, 0.1) is 13.8 Å². The quantitative estimate of drug-likeness (QED) is 0.772. The number of nitrogens with one attached hydrogen (secondary N) is 1. The lowest BCUT2D eigenvalue weighted by molar-refractivity contribution is -0.122. The van der Waals surface area contributed by atoms with E-state index in [-0.39, 0.29) is 5.91 Å². The summed E-state index contributed by atoms with van der Waals surface area (Å²) in [6.07, 6.45) is 2.10. The molecule has 1 N–H and O–H groups in total. The lowest BCUT2D eigenvalue weighted by Crippen LogP contribution is -2.32. The fourth-order valence-electron chi connectivity index (χ4n) is 2.27. The van der Waals surface area contributed by atoms with Gasteiger partial charge in [0.05, 0.1) is 5.69 Å². The number of hydrogen-bond acceptors (Lipinski definition) is 3. The molecule has 122 valence electrons. The molecule has 2 rings (SSSR count). The molecule has 2 aromatic carbocycles. The van der Waals surface area contributed by atoms with E-state index in [0.717, 1.165) is 27.5 Å². The van der Waals surface area contributed by atoms with E-state index in [4.69, 9.17) is 4.74 Å².